The van der Waals surface area contributed by atoms with Gasteiger partial charge in [0.2, 0.25) is 0 Å². The summed E-state index contributed by atoms with van der Waals surface area (Å²) in [4.78, 5) is 0. The molecule has 2 unspecified atom stereocenters. The minimum absolute atomic E-state index is 0.216. The number of aliphatic hydroxyl groups is 1. The number of benzene rings is 1. The van der Waals surface area contributed by atoms with E-state index >= 15 is 0 Å². The zero-order valence-corrected chi connectivity index (χ0v) is 9.98. The second-order valence-electron chi connectivity index (χ2n) is 3.42. The quantitative estimate of drug-likeness (QED) is 0.892. The van der Waals surface area contributed by atoms with E-state index in [0.29, 0.717) is 4.47 Å². The van der Waals surface area contributed by atoms with E-state index in [2.05, 4.69) is 21.2 Å². The highest BCUT2D eigenvalue weighted by Gasteiger charge is 2.15. The predicted molar refractivity (Wildman–Crippen MR) is 58.8 cm³/mol. The van der Waals surface area contributed by atoms with Crippen LogP contribution in [0.15, 0.2) is 16.6 Å². The molecule has 0 fully saturated rings. The van der Waals surface area contributed by atoms with Crippen LogP contribution >= 0.6 is 15.9 Å². The first-order valence-corrected chi connectivity index (χ1v) is 5.30. The fraction of sp³-hybridized carbons (Fsp3) is 0.400. The third kappa shape index (κ3) is 3.14. The average molecular weight is 280 g/mol. The van der Waals surface area contributed by atoms with Gasteiger partial charge in [0.15, 0.2) is 0 Å². The molecular formula is C10H12BrF2NO. The van der Waals surface area contributed by atoms with Gasteiger partial charge in [0.05, 0.1) is 6.10 Å². The molecule has 0 aliphatic heterocycles. The summed E-state index contributed by atoms with van der Waals surface area (Å²) in [6, 6.07) is 1.91. The molecule has 2 atom stereocenters. The Labute approximate surface area is 95.4 Å². The van der Waals surface area contributed by atoms with Crippen molar-refractivity contribution >= 4 is 21.6 Å². The highest BCUT2D eigenvalue weighted by atomic mass is 79.9. The Morgan fingerprint density at radius 1 is 1.27 bits per heavy atom. The first-order chi connectivity index (χ1) is 6.91. The lowest BCUT2D eigenvalue weighted by Crippen LogP contribution is -2.28. The molecule has 0 bridgehead atoms. The molecule has 0 spiro atoms. The smallest absolute Gasteiger partial charge is 0.150 e. The lowest BCUT2D eigenvalue weighted by atomic mass is 10.2. The van der Waals surface area contributed by atoms with Gasteiger partial charge < -0.3 is 10.4 Å². The molecule has 0 aliphatic rings. The van der Waals surface area contributed by atoms with Gasteiger partial charge in [0.1, 0.15) is 17.3 Å². The van der Waals surface area contributed by atoms with Crippen LogP contribution in [0.4, 0.5) is 14.5 Å². The van der Waals surface area contributed by atoms with Crippen molar-refractivity contribution in [3.8, 4) is 0 Å². The number of hydrogen-bond acceptors (Lipinski definition) is 2. The van der Waals surface area contributed by atoms with Crippen molar-refractivity contribution in [1.29, 1.82) is 0 Å². The minimum atomic E-state index is -0.688. The second-order valence-corrected chi connectivity index (χ2v) is 4.33. The fourth-order valence-corrected chi connectivity index (χ4v) is 1.43. The molecule has 0 aromatic heterocycles. The van der Waals surface area contributed by atoms with Gasteiger partial charge in [-0.15, -0.1) is 0 Å². The Kier molecular flexibility index (Phi) is 4.04. The molecule has 2 N–H and O–H groups in total. The van der Waals surface area contributed by atoms with Crippen LogP contribution in [0.5, 0.6) is 0 Å². The van der Waals surface area contributed by atoms with Crippen LogP contribution in [0.3, 0.4) is 0 Å². The summed E-state index contributed by atoms with van der Waals surface area (Å²) in [5, 5.41) is 11.8. The maximum absolute atomic E-state index is 13.3. The van der Waals surface area contributed by atoms with Gasteiger partial charge in [-0.3, -0.25) is 0 Å². The molecule has 0 saturated carbocycles. The van der Waals surface area contributed by atoms with Gasteiger partial charge in [-0.1, -0.05) is 15.9 Å². The van der Waals surface area contributed by atoms with Gasteiger partial charge in [0, 0.05) is 10.5 Å². The van der Waals surface area contributed by atoms with Crippen LogP contribution in [0, 0.1) is 11.6 Å². The number of halogens is 3. The van der Waals surface area contributed by atoms with Crippen LogP contribution < -0.4 is 5.32 Å². The molecule has 0 amide bonds. The molecule has 0 saturated heterocycles. The standard InChI is InChI=1S/C10H12BrF2NO/c1-5(6(2)15)14-10-8(12)3-7(11)4-9(10)13/h3-6,14-15H,1-2H3. The Morgan fingerprint density at radius 2 is 1.73 bits per heavy atom. The molecule has 1 rings (SSSR count). The molecule has 1 aromatic carbocycles. The maximum Gasteiger partial charge on any atom is 0.150 e. The minimum Gasteiger partial charge on any atom is -0.391 e. The van der Waals surface area contributed by atoms with Gasteiger partial charge in [-0.25, -0.2) is 8.78 Å². The second kappa shape index (κ2) is 4.90. The first kappa shape index (κ1) is 12.4. The van der Waals surface area contributed by atoms with Crippen LogP contribution in [0.2, 0.25) is 0 Å². The summed E-state index contributed by atoms with van der Waals surface area (Å²) in [5.74, 6) is -1.37. The average Bonchev–Trinajstić information content (AvgIpc) is 2.10. The van der Waals surface area contributed by atoms with E-state index in [4.69, 9.17) is 0 Å². The summed E-state index contributed by atoms with van der Waals surface area (Å²) in [5.41, 5.74) is -0.216. The molecule has 15 heavy (non-hydrogen) atoms. The largest absolute Gasteiger partial charge is 0.391 e. The predicted octanol–water partition coefficient (Wildman–Crippen LogP) is 2.91. The van der Waals surface area contributed by atoms with Gasteiger partial charge in [0.25, 0.3) is 0 Å². The summed E-state index contributed by atoms with van der Waals surface area (Å²) in [6.45, 7) is 3.19. The molecule has 0 heterocycles. The fourth-order valence-electron chi connectivity index (χ4n) is 1.03. The molecular weight excluding hydrogens is 268 g/mol. The van der Waals surface area contributed by atoms with E-state index in [-0.39, 0.29) is 5.69 Å². The summed E-state index contributed by atoms with van der Waals surface area (Å²) >= 11 is 2.99. The van der Waals surface area contributed by atoms with E-state index in [0.717, 1.165) is 0 Å². The lowest BCUT2D eigenvalue weighted by Gasteiger charge is -2.18. The topological polar surface area (TPSA) is 32.3 Å². The van der Waals surface area contributed by atoms with Crippen molar-refractivity contribution in [2.45, 2.75) is 26.0 Å². The molecule has 5 heteroatoms. The van der Waals surface area contributed by atoms with Crippen molar-refractivity contribution in [2.24, 2.45) is 0 Å². The molecule has 0 aliphatic carbocycles. The van der Waals surface area contributed by atoms with E-state index in [1.54, 1.807) is 13.8 Å². The van der Waals surface area contributed by atoms with Gasteiger partial charge in [-0.2, -0.15) is 0 Å². The number of anilines is 1. The zero-order valence-electron chi connectivity index (χ0n) is 8.39. The molecule has 2 nitrogen and oxygen atoms in total. The van der Waals surface area contributed by atoms with Crippen LogP contribution in [0.1, 0.15) is 13.8 Å². The van der Waals surface area contributed by atoms with Gasteiger partial charge in [-0.05, 0) is 26.0 Å². The van der Waals surface area contributed by atoms with Crippen molar-refractivity contribution in [2.75, 3.05) is 5.32 Å². The van der Waals surface area contributed by atoms with Crippen molar-refractivity contribution in [1.82, 2.24) is 0 Å². The number of aliphatic hydroxyl groups excluding tert-OH is 1. The van der Waals surface area contributed by atoms with E-state index in [1.807, 2.05) is 0 Å². The molecule has 0 radical (unpaired) electrons. The number of hydrogen-bond donors (Lipinski definition) is 2. The van der Waals surface area contributed by atoms with Crippen LogP contribution in [0.25, 0.3) is 0 Å². The van der Waals surface area contributed by atoms with E-state index < -0.39 is 23.8 Å². The van der Waals surface area contributed by atoms with Crippen molar-refractivity contribution in [3.63, 3.8) is 0 Å². The van der Waals surface area contributed by atoms with E-state index in [9.17, 15) is 13.9 Å². The monoisotopic (exact) mass is 279 g/mol. The van der Waals surface area contributed by atoms with Gasteiger partial charge >= 0.3 is 0 Å². The first-order valence-electron chi connectivity index (χ1n) is 4.51. The number of rotatable bonds is 3. The van der Waals surface area contributed by atoms with Crippen molar-refractivity contribution < 1.29 is 13.9 Å². The Bertz CT molecular complexity index is 334. The third-order valence-corrected chi connectivity index (χ3v) is 2.56. The third-order valence-electron chi connectivity index (χ3n) is 2.10. The highest BCUT2D eigenvalue weighted by molar-refractivity contribution is 9.10. The zero-order chi connectivity index (χ0) is 11.6. The summed E-state index contributed by atoms with van der Waals surface area (Å²) < 4.78 is 27.0. The highest BCUT2D eigenvalue weighted by Crippen LogP contribution is 2.24. The summed E-state index contributed by atoms with van der Waals surface area (Å²) in [7, 11) is 0. The van der Waals surface area contributed by atoms with Crippen LogP contribution in [-0.4, -0.2) is 17.3 Å². The molecule has 84 valence electrons. The Balaban J connectivity index is 2.95. The Morgan fingerprint density at radius 3 is 2.13 bits per heavy atom. The molecule has 1 aromatic rings. The Hall–Kier alpha value is -0.680. The van der Waals surface area contributed by atoms with Crippen LogP contribution in [-0.2, 0) is 0 Å². The van der Waals surface area contributed by atoms with E-state index in [1.165, 1.54) is 12.1 Å². The normalized spacial score (nSPS) is 14.8. The summed E-state index contributed by atoms with van der Waals surface area (Å²) in [6.07, 6.45) is -0.688. The number of nitrogens with one attached hydrogen (secondary N) is 1. The maximum atomic E-state index is 13.3. The SMILES string of the molecule is CC(O)C(C)Nc1c(F)cc(Br)cc1F. The lowest BCUT2D eigenvalue weighted by molar-refractivity contribution is 0.177. The van der Waals surface area contributed by atoms with Crippen molar-refractivity contribution in [3.05, 3.63) is 28.2 Å².